The lowest BCUT2D eigenvalue weighted by molar-refractivity contribution is 0.0973. The molecule has 0 aliphatic heterocycles. The Balaban J connectivity index is 1.92. The number of aryl methyl sites for hydroxylation is 3. The van der Waals surface area contributed by atoms with Crippen LogP contribution in [0, 0.1) is 13.8 Å². The van der Waals surface area contributed by atoms with Crippen LogP contribution in [0.1, 0.15) is 45.5 Å². The maximum atomic E-state index is 11.9. The van der Waals surface area contributed by atoms with E-state index in [0.29, 0.717) is 12.2 Å². The van der Waals surface area contributed by atoms with Crippen LogP contribution in [0.3, 0.4) is 0 Å². The van der Waals surface area contributed by atoms with Gasteiger partial charge in [-0.25, -0.2) is 0 Å². The van der Waals surface area contributed by atoms with Crippen molar-refractivity contribution in [1.82, 2.24) is 4.57 Å². The molecule has 1 aliphatic carbocycles. The molecule has 0 spiro atoms. The predicted octanol–water partition coefficient (Wildman–Crippen LogP) is 3.67. The van der Waals surface area contributed by atoms with Crippen molar-refractivity contribution in [2.24, 2.45) is 0 Å². The highest BCUT2D eigenvalue weighted by Gasteiger charge is 2.19. The summed E-state index contributed by atoms with van der Waals surface area (Å²) in [6.45, 7) is 5.12. The van der Waals surface area contributed by atoms with Crippen molar-refractivity contribution < 1.29 is 4.79 Å². The molecule has 1 aromatic carbocycles. The SMILES string of the molecule is Cc1ccc(C)c(Cn2cc3c(c2)C(=O)CCC3)c1. The third-order valence-corrected chi connectivity index (χ3v) is 3.97. The van der Waals surface area contributed by atoms with Gasteiger partial charge in [-0.3, -0.25) is 4.79 Å². The van der Waals surface area contributed by atoms with Gasteiger partial charge in [0.25, 0.3) is 0 Å². The lowest BCUT2D eigenvalue weighted by Gasteiger charge is -2.08. The standard InChI is InChI=1S/C17H19NO/c1-12-6-7-13(2)15(8-12)10-18-9-14-4-3-5-17(19)16(14)11-18/h6-9,11H,3-5,10H2,1-2H3. The van der Waals surface area contributed by atoms with Crippen molar-refractivity contribution in [3.05, 3.63) is 58.4 Å². The van der Waals surface area contributed by atoms with Crippen LogP contribution in [0.2, 0.25) is 0 Å². The number of Topliss-reactive ketones (excluding diaryl/α,β-unsaturated/α-hetero) is 1. The van der Waals surface area contributed by atoms with Gasteiger partial charge in [0.15, 0.2) is 5.78 Å². The van der Waals surface area contributed by atoms with E-state index in [1.54, 1.807) is 0 Å². The molecule has 1 aromatic heterocycles. The van der Waals surface area contributed by atoms with Crippen molar-refractivity contribution in [3.63, 3.8) is 0 Å². The van der Waals surface area contributed by atoms with Gasteiger partial charge in [-0.15, -0.1) is 0 Å². The van der Waals surface area contributed by atoms with Gasteiger partial charge in [0.2, 0.25) is 0 Å². The highest BCUT2D eigenvalue weighted by Crippen LogP contribution is 2.23. The lowest BCUT2D eigenvalue weighted by atomic mass is 9.95. The topological polar surface area (TPSA) is 22.0 Å². The molecule has 0 amide bonds. The van der Waals surface area contributed by atoms with Crippen LogP contribution in [0.5, 0.6) is 0 Å². The van der Waals surface area contributed by atoms with Crippen LogP contribution in [-0.4, -0.2) is 10.4 Å². The molecular formula is C17H19NO. The molecule has 2 heteroatoms. The fraction of sp³-hybridized carbons (Fsp3) is 0.353. The zero-order valence-electron chi connectivity index (χ0n) is 11.6. The van der Waals surface area contributed by atoms with Crippen LogP contribution in [0.25, 0.3) is 0 Å². The van der Waals surface area contributed by atoms with E-state index in [4.69, 9.17) is 0 Å². The zero-order valence-corrected chi connectivity index (χ0v) is 11.6. The van der Waals surface area contributed by atoms with Crippen molar-refractivity contribution in [3.8, 4) is 0 Å². The number of hydrogen-bond donors (Lipinski definition) is 0. The first-order valence-electron chi connectivity index (χ1n) is 6.91. The summed E-state index contributed by atoms with van der Waals surface area (Å²) in [7, 11) is 0. The van der Waals surface area contributed by atoms with Gasteiger partial charge in [-0.1, -0.05) is 23.8 Å². The zero-order chi connectivity index (χ0) is 13.4. The van der Waals surface area contributed by atoms with E-state index in [9.17, 15) is 4.79 Å². The van der Waals surface area contributed by atoms with E-state index in [1.165, 1.54) is 22.3 Å². The van der Waals surface area contributed by atoms with Gasteiger partial charge < -0.3 is 4.57 Å². The molecule has 0 bridgehead atoms. The Labute approximate surface area is 114 Å². The van der Waals surface area contributed by atoms with Crippen LogP contribution < -0.4 is 0 Å². The summed E-state index contributed by atoms with van der Waals surface area (Å²) in [6.07, 6.45) is 6.92. The van der Waals surface area contributed by atoms with Gasteiger partial charge in [-0.05, 0) is 43.4 Å². The summed E-state index contributed by atoms with van der Waals surface area (Å²) in [5, 5.41) is 0. The maximum Gasteiger partial charge on any atom is 0.164 e. The molecule has 0 atom stereocenters. The molecule has 0 fully saturated rings. The molecule has 98 valence electrons. The predicted molar refractivity (Wildman–Crippen MR) is 76.7 cm³/mol. The fourth-order valence-electron chi connectivity index (χ4n) is 2.84. The Morgan fingerprint density at radius 3 is 2.79 bits per heavy atom. The fourth-order valence-corrected chi connectivity index (χ4v) is 2.84. The molecular weight excluding hydrogens is 234 g/mol. The Morgan fingerprint density at radius 1 is 1.16 bits per heavy atom. The number of aromatic nitrogens is 1. The third kappa shape index (κ3) is 2.35. The summed E-state index contributed by atoms with van der Waals surface area (Å²) in [4.78, 5) is 11.9. The third-order valence-electron chi connectivity index (χ3n) is 3.97. The second kappa shape index (κ2) is 4.69. The molecule has 0 saturated carbocycles. The quantitative estimate of drug-likeness (QED) is 0.800. The number of ketones is 1. The molecule has 1 aliphatic rings. The summed E-state index contributed by atoms with van der Waals surface area (Å²) >= 11 is 0. The lowest BCUT2D eigenvalue weighted by Crippen LogP contribution is -2.07. The van der Waals surface area contributed by atoms with Crippen molar-refractivity contribution >= 4 is 5.78 Å². The van der Waals surface area contributed by atoms with Crippen molar-refractivity contribution in [1.29, 1.82) is 0 Å². The van der Waals surface area contributed by atoms with Crippen molar-refractivity contribution in [2.45, 2.75) is 39.7 Å². The van der Waals surface area contributed by atoms with Crippen molar-refractivity contribution in [2.75, 3.05) is 0 Å². The minimum absolute atomic E-state index is 0.306. The highest BCUT2D eigenvalue weighted by atomic mass is 16.1. The van der Waals surface area contributed by atoms with E-state index in [-0.39, 0.29) is 0 Å². The second-order valence-corrected chi connectivity index (χ2v) is 5.58. The van der Waals surface area contributed by atoms with E-state index in [2.05, 4.69) is 42.8 Å². The van der Waals surface area contributed by atoms with Crippen LogP contribution in [0.4, 0.5) is 0 Å². The molecule has 0 saturated heterocycles. The Morgan fingerprint density at radius 2 is 2.00 bits per heavy atom. The number of rotatable bonds is 2. The minimum Gasteiger partial charge on any atom is -0.349 e. The molecule has 3 rings (SSSR count). The first-order chi connectivity index (χ1) is 9.13. The Kier molecular flexibility index (Phi) is 3.02. The van der Waals surface area contributed by atoms with Gasteiger partial charge in [0.1, 0.15) is 0 Å². The van der Waals surface area contributed by atoms with E-state index in [1.807, 2.05) is 6.20 Å². The van der Waals surface area contributed by atoms with E-state index >= 15 is 0 Å². The second-order valence-electron chi connectivity index (χ2n) is 5.58. The summed E-state index contributed by atoms with van der Waals surface area (Å²) in [5.41, 5.74) is 6.09. The highest BCUT2D eigenvalue weighted by molar-refractivity contribution is 5.98. The van der Waals surface area contributed by atoms with Crippen LogP contribution in [0.15, 0.2) is 30.6 Å². The molecule has 1 heterocycles. The number of nitrogens with zero attached hydrogens (tertiary/aromatic N) is 1. The summed E-state index contributed by atoms with van der Waals surface area (Å²) in [6, 6.07) is 6.54. The monoisotopic (exact) mass is 253 g/mol. The smallest absolute Gasteiger partial charge is 0.164 e. The average molecular weight is 253 g/mol. The van der Waals surface area contributed by atoms with Gasteiger partial charge in [0.05, 0.1) is 0 Å². The maximum absolute atomic E-state index is 11.9. The molecule has 0 radical (unpaired) electrons. The van der Waals surface area contributed by atoms with Crippen LogP contribution >= 0.6 is 0 Å². The van der Waals surface area contributed by atoms with Gasteiger partial charge >= 0.3 is 0 Å². The summed E-state index contributed by atoms with van der Waals surface area (Å²) in [5.74, 6) is 0.306. The minimum atomic E-state index is 0.306. The number of fused-ring (bicyclic) bond motifs is 1. The van der Waals surface area contributed by atoms with Gasteiger partial charge in [-0.2, -0.15) is 0 Å². The largest absolute Gasteiger partial charge is 0.349 e. The number of hydrogen-bond acceptors (Lipinski definition) is 1. The molecule has 0 N–H and O–H groups in total. The number of benzene rings is 1. The average Bonchev–Trinajstić information content (AvgIpc) is 2.78. The van der Waals surface area contributed by atoms with E-state index < -0.39 is 0 Å². The number of carbonyl (C=O) groups is 1. The van der Waals surface area contributed by atoms with E-state index in [0.717, 1.165) is 24.9 Å². The normalized spacial score (nSPS) is 14.5. The first kappa shape index (κ1) is 12.2. The Bertz CT molecular complexity index is 637. The van der Waals surface area contributed by atoms with Gasteiger partial charge in [0, 0.05) is 30.9 Å². The van der Waals surface area contributed by atoms with Crippen LogP contribution in [-0.2, 0) is 13.0 Å². The Hall–Kier alpha value is -1.83. The molecule has 0 unspecified atom stereocenters. The molecule has 2 aromatic rings. The summed E-state index contributed by atoms with van der Waals surface area (Å²) < 4.78 is 2.16. The first-order valence-corrected chi connectivity index (χ1v) is 6.91. The molecule has 19 heavy (non-hydrogen) atoms. The number of carbonyl (C=O) groups excluding carboxylic acids is 1. The molecule has 2 nitrogen and oxygen atoms in total.